The van der Waals surface area contributed by atoms with Gasteiger partial charge in [-0.05, 0) is 35.4 Å². The zero-order valence-electron chi connectivity index (χ0n) is 12.0. The molecule has 0 radical (unpaired) electrons. The number of hydrogen-bond acceptors (Lipinski definition) is 2. The van der Waals surface area contributed by atoms with Crippen molar-refractivity contribution in [3.8, 4) is 11.5 Å². The molecule has 2 aromatic carbocycles. The van der Waals surface area contributed by atoms with E-state index in [1.54, 1.807) is 26.4 Å². The molecule has 2 heteroatoms. The Morgan fingerprint density at radius 1 is 0.650 bits per heavy atom. The van der Waals surface area contributed by atoms with E-state index >= 15 is 0 Å². The highest BCUT2D eigenvalue weighted by molar-refractivity contribution is 5.48. The van der Waals surface area contributed by atoms with Crippen molar-refractivity contribution in [3.63, 3.8) is 0 Å². The van der Waals surface area contributed by atoms with Crippen LogP contribution in [0.25, 0.3) is 12.2 Å². The van der Waals surface area contributed by atoms with E-state index in [0.29, 0.717) is 0 Å². The van der Waals surface area contributed by atoms with Gasteiger partial charge in [-0.25, -0.2) is 0 Å². The fraction of sp³-hybridized carbons (Fsp3) is 0.111. The van der Waals surface area contributed by atoms with E-state index in [1.165, 1.54) is 0 Å². The summed E-state index contributed by atoms with van der Waals surface area (Å²) in [7, 11) is 3.31. The number of hydrogen-bond donors (Lipinski definition) is 0. The van der Waals surface area contributed by atoms with Crippen molar-refractivity contribution in [1.29, 1.82) is 0 Å². The minimum Gasteiger partial charge on any atom is -0.497 e. The van der Waals surface area contributed by atoms with Gasteiger partial charge in [-0.2, -0.15) is 0 Å². The number of rotatable bonds is 4. The summed E-state index contributed by atoms with van der Waals surface area (Å²) in [5.74, 6) is 1.76. The molecule has 0 aliphatic heterocycles. The lowest BCUT2D eigenvalue weighted by molar-refractivity contribution is 0.414. The lowest BCUT2D eigenvalue weighted by atomic mass is 10.2. The first kappa shape index (κ1) is 15.6. The molecule has 0 fully saturated rings. The van der Waals surface area contributed by atoms with E-state index in [-0.39, 0.29) is 0 Å². The largest absolute Gasteiger partial charge is 0.497 e. The molecule has 0 spiro atoms. The Labute approximate surface area is 121 Å². The van der Waals surface area contributed by atoms with Crippen molar-refractivity contribution in [2.75, 3.05) is 14.2 Å². The molecule has 2 nitrogen and oxygen atoms in total. The predicted octanol–water partition coefficient (Wildman–Crippen LogP) is 4.68. The first-order chi connectivity index (χ1) is 9.73. The van der Waals surface area contributed by atoms with E-state index in [0.717, 1.165) is 22.6 Å². The van der Waals surface area contributed by atoms with Gasteiger partial charge in [0.2, 0.25) is 0 Å². The van der Waals surface area contributed by atoms with Crippen LogP contribution in [0.5, 0.6) is 11.5 Å². The second-order valence-corrected chi connectivity index (χ2v) is 3.95. The summed E-state index contributed by atoms with van der Waals surface area (Å²) in [5, 5.41) is 0. The molecule has 0 atom stereocenters. The molecule has 0 N–H and O–H groups in total. The van der Waals surface area contributed by atoms with Crippen LogP contribution in [-0.2, 0) is 0 Å². The fourth-order valence-electron chi connectivity index (χ4n) is 1.48. The van der Waals surface area contributed by atoms with E-state index in [1.807, 2.05) is 48.5 Å². The molecule has 0 unspecified atom stereocenters. The smallest absolute Gasteiger partial charge is 0.118 e. The molecule has 2 aromatic rings. The zero-order valence-corrected chi connectivity index (χ0v) is 12.0. The summed E-state index contributed by atoms with van der Waals surface area (Å²) in [5.41, 5.74) is 2.22. The molecule has 0 aliphatic rings. The molecule has 0 saturated carbocycles. The Balaban J connectivity index is 0.000000200. The molecular formula is C18H20O2. The lowest BCUT2D eigenvalue weighted by Crippen LogP contribution is -1.80. The molecule has 0 aromatic heterocycles. The lowest BCUT2D eigenvalue weighted by Gasteiger charge is -1.97. The summed E-state index contributed by atoms with van der Waals surface area (Å²) in [6.07, 6.45) is 3.61. The van der Waals surface area contributed by atoms with Gasteiger partial charge < -0.3 is 9.47 Å². The van der Waals surface area contributed by atoms with Gasteiger partial charge in [-0.15, -0.1) is 0 Å². The van der Waals surface area contributed by atoms with Gasteiger partial charge in [0.05, 0.1) is 14.2 Å². The SMILES string of the molecule is C=Cc1ccc(OC)cc1.C=Cc1ccc(OC)cc1. The van der Waals surface area contributed by atoms with Crippen LogP contribution >= 0.6 is 0 Å². The number of methoxy groups -OCH3 is 2. The third-order valence-corrected chi connectivity index (χ3v) is 2.70. The highest BCUT2D eigenvalue weighted by atomic mass is 16.5. The quantitative estimate of drug-likeness (QED) is 0.801. The van der Waals surface area contributed by atoms with Crippen molar-refractivity contribution in [3.05, 3.63) is 72.8 Å². The first-order valence-electron chi connectivity index (χ1n) is 6.26. The molecule has 104 valence electrons. The van der Waals surface area contributed by atoms with Crippen LogP contribution in [0.3, 0.4) is 0 Å². The van der Waals surface area contributed by atoms with Crippen LogP contribution in [0.1, 0.15) is 11.1 Å². The predicted molar refractivity (Wildman–Crippen MR) is 86.2 cm³/mol. The first-order valence-corrected chi connectivity index (χ1v) is 6.26. The minimum atomic E-state index is 0.880. The Bertz CT molecular complexity index is 473. The van der Waals surface area contributed by atoms with Gasteiger partial charge in [0.1, 0.15) is 11.5 Å². The summed E-state index contributed by atoms with van der Waals surface area (Å²) in [4.78, 5) is 0. The molecule has 20 heavy (non-hydrogen) atoms. The maximum Gasteiger partial charge on any atom is 0.118 e. The summed E-state index contributed by atoms with van der Waals surface area (Å²) in [6, 6.07) is 15.5. The van der Waals surface area contributed by atoms with E-state index < -0.39 is 0 Å². The van der Waals surface area contributed by atoms with Crippen LogP contribution in [-0.4, -0.2) is 14.2 Å². The van der Waals surface area contributed by atoms with Gasteiger partial charge in [0.25, 0.3) is 0 Å². The zero-order chi connectivity index (χ0) is 14.8. The molecule has 0 amide bonds. The Kier molecular flexibility index (Phi) is 6.69. The molecule has 0 heterocycles. The van der Waals surface area contributed by atoms with Crippen LogP contribution in [0.15, 0.2) is 61.7 Å². The summed E-state index contributed by atoms with van der Waals surface area (Å²) >= 11 is 0. The fourth-order valence-corrected chi connectivity index (χ4v) is 1.48. The van der Waals surface area contributed by atoms with Crippen LogP contribution in [0.4, 0.5) is 0 Å². The average molecular weight is 268 g/mol. The Morgan fingerprint density at radius 2 is 0.950 bits per heavy atom. The van der Waals surface area contributed by atoms with Gasteiger partial charge in [0.15, 0.2) is 0 Å². The minimum absolute atomic E-state index is 0.880. The third kappa shape index (κ3) is 5.02. The van der Waals surface area contributed by atoms with Gasteiger partial charge >= 0.3 is 0 Å². The monoisotopic (exact) mass is 268 g/mol. The van der Waals surface area contributed by atoms with E-state index in [9.17, 15) is 0 Å². The standard InChI is InChI=1S/2C9H10O/c2*1-3-8-4-6-9(10-2)7-5-8/h2*3-7H,1H2,2H3. The molecule has 2 rings (SSSR count). The number of benzene rings is 2. The van der Waals surface area contributed by atoms with Crippen molar-refractivity contribution in [2.45, 2.75) is 0 Å². The highest BCUT2D eigenvalue weighted by Gasteiger charge is 1.88. The molecule has 0 bridgehead atoms. The Hall–Kier alpha value is -2.48. The van der Waals surface area contributed by atoms with Crippen molar-refractivity contribution in [1.82, 2.24) is 0 Å². The summed E-state index contributed by atoms with van der Waals surface area (Å²) < 4.78 is 9.96. The van der Waals surface area contributed by atoms with Crippen molar-refractivity contribution >= 4 is 12.2 Å². The second kappa shape index (κ2) is 8.59. The number of ether oxygens (including phenoxy) is 2. The normalized spacial score (nSPS) is 8.90. The molecule has 0 aliphatic carbocycles. The van der Waals surface area contributed by atoms with Gasteiger partial charge in [0, 0.05) is 0 Å². The maximum absolute atomic E-state index is 4.98. The van der Waals surface area contributed by atoms with Gasteiger partial charge in [-0.3, -0.25) is 0 Å². The van der Waals surface area contributed by atoms with Crippen LogP contribution in [0, 0.1) is 0 Å². The van der Waals surface area contributed by atoms with Crippen molar-refractivity contribution < 1.29 is 9.47 Å². The molecular weight excluding hydrogens is 248 g/mol. The van der Waals surface area contributed by atoms with Crippen LogP contribution < -0.4 is 9.47 Å². The van der Waals surface area contributed by atoms with E-state index in [2.05, 4.69) is 13.2 Å². The van der Waals surface area contributed by atoms with E-state index in [4.69, 9.17) is 9.47 Å². The summed E-state index contributed by atoms with van der Waals surface area (Å²) in [6.45, 7) is 7.29. The second-order valence-electron chi connectivity index (χ2n) is 3.95. The highest BCUT2D eigenvalue weighted by Crippen LogP contribution is 2.12. The average Bonchev–Trinajstić information content (AvgIpc) is 2.55. The topological polar surface area (TPSA) is 18.5 Å². The Morgan fingerprint density at radius 3 is 1.15 bits per heavy atom. The van der Waals surface area contributed by atoms with Crippen LogP contribution in [0.2, 0.25) is 0 Å². The third-order valence-electron chi connectivity index (χ3n) is 2.70. The molecule has 0 saturated heterocycles. The van der Waals surface area contributed by atoms with Gasteiger partial charge in [-0.1, -0.05) is 49.6 Å². The van der Waals surface area contributed by atoms with Crippen molar-refractivity contribution in [2.24, 2.45) is 0 Å². The maximum atomic E-state index is 4.98.